The van der Waals surface area contributed by atoms with Crippen LogP contribution in [-0.2, 0) is 0 Å². The van der Waals surface area contributed by atoms with Crippen LogP contribution in [0.15, 0.2) is 218 Å². The molecule has 0 aliphatic carbocycles. The van der Waals surface area contributed by atoms with Crippen LogP contribution in [0.4, 0.5) is 0 Å². The van der Waals surface area contributed by atoms with Gasteiger partial charge in [0.2, 0.25) is 0 Å². The number of nitrogens with zero attached hydrogens (tertiary/aromatic N) is 6. The maximum Gasteiger partial charge on any atom is 0.164 e. The maximum atomic E-state index is 9.70. The third-order valence-corrected chi connectivity index (χ3v) is 10.8. The summed E-state index contributed by atoms with van der Waals surface area (Å²) >= 11 is 0. The fourth-order valence-electron chi connectivity index (χ4n) is 7.67. The summed E-state index contributed by atoms with van der Waals surface area (Å²) in [7, 11) is 0. The molecule has 0 saturated heterocycles. The summed E-state index contributed by atoms with van der Waals surface area (Å²) < 4.78 is 0. The van der Waals surface area contributed by atoms with Gasteiger partial charge in [-0.15, -0.1) is 0 Å². The first kappa shape index (κ1) is 37.6. The van der Waals surface area contributed by atoms with Gasteiger partial charge in [-0.25, -0.2) is 24.9 Å². The SMILES string of the molecule is N#Cc1ccc(-c2cc(-c3ccccc3-c3cc(-c4ccc(-c5ccccc5)cc4)nc(-c4ccccc4)n3)ccc2-c2nc(-c3ccccc3)nc(-c3ccccc3)n2)cc1. The quantitative estimate of drug-likeness (QED) is 0.145. The van der Waals surface area contributed by atoms with E-state index in [9.17, 15) is 5.26 Å². The van der Waals surface area contributed by atoms with E-state index in [4.69, 9.17) is 24.9 Å². The van der Waals surface area contributed by atoms with Gasteiger partial charge in [0.05, 0.1) is 23.0 Å². The number of rotatable bonds is 9. The predicted molar refractivity (Wildman–Crippen MR) is 249 cm³/mol. The summed E-state index contributed by atoms with van der Waals surface area (Å²) in [5, 5.41) is 9.70. The lowest BCUT2D eigenvalue weighted by atomic mass is 9.91. The van der Waals surface area contributed by atoms with E-state index in [2.05, 4.69) is 97.1 Å². The van der Waals surface area contributed by atoms with E-state index in [1.165, 1.54) is 0 Å². The van der Waals surface area contributed by atoms with Crippen LogP contribution in [0.2, 0.25) is 0 Å². The van der Waals surface area contributed by atoms with Crippen molar-refractivity contribution in [3.05, 3.63) is 224 Å². The molecule has 0 fully saturated rings. The van der Waals surface area contributed by atoms with Crippen molar-refractivity contribution >= 4 is 0 Å². The molecule has 0 bridgehead atoms. The first-order valence-corrected chi connectivity index (χ1v) is 20.4. The lowest BCUT2D eigenvalue weighted by molar-refractivity contribution is 1.07. The van der Waals surface area contributed by atoms with Crippen molar-refractivity contribution in [3.8, 4) is 108 Å². The molecule has 2 heterocycles. The molecule has 0 saturated carbocycles. The fraction of sp³-hybridized carbons (Fsp3) is 0. The fourth-order valence-corrected chi connectivity index (χ4v) is 7.67. The van der Waals surface area contributed by atoms with E-state index in [0.29, 0.717) is 28.9 Å². The van der Waals surface area contributed by atoms with Crippen molar-refractivity contribution in [1.29, 1.82) is 5.26 Å². The number of nitriles is 1. The van der Waals surface area contributed by atoms with Crippen LogP contribution in [0.1, 0.15) is 5.56 Å². The molecule has 6 heteroatoms. The minimum Gasteiger partial charge on any atom is -0.228 e. The zero-order valence-electron chi connectivity index (χ0n) is 33.5. The van der Waals surface area contributed by atoms with Crippen LogP contribution in [0, 0.1) is 11.3 Å². The molecule has 0 aliphatic heterocycles. The lowest BCUT2D eigenvalue weighted by Gasteiger charge is -2.16. The van der Waals surface area contributed by atoms with E-state index >= 15 is 0 Å². The highest BCUT2D eigenvalue weighted by molar-refractivity contribution is 5.90. The van der Waals surface area contributed by atoms with Crippen LogP contribution in [0.3, 0.4) is 0 Å². The van der Waals surface area contributed by atoms with E-state index in [0.717, 1.165) is 78.1 Å². The Morgan fingerprint density at radius 3 is 1.24 bits per heavy atom. The summed E-state index contributed by atoms with van der Waals surface area (Å²) in [4.78, 5) is 25.5. The summed E-state index contributed by atoms with van der Waals surface area (Å²) in [5.74, 6) is 2.35. The molecule has 290 valence electrons. The summed E-state index contributed by atoms with van der Waals surface area (Å²) in [6.07, 6.45) is 0. The molecule has 2 aromatic heterocycles. The van der Waals surface area contributed by atoms with E-state index in [-0.39, 0.29) is 0 Å². The topological polar surface area (TPSA) is 88.2 Å². The zero-order chi connectivity index (χ0) is 41.7. The minimum absolute atomic E-state index is 0.545. The molecule has 0 N–H and O–H groups in total. The molecule has 0 amide bonds. The summed E-state index contributed by atoms with van der Waals surface area (Å²) in [6.45, 7) is 0. The van der Waals surface area contributed by atoms with E-state index in [1.807, 2.05) is 127 Å². The molecule has 0 unspecified atom stereocenters. The van der Waals surface area contributed by atoms with Gasteiger partial charge < -0.3 is 0 Å². The van der Waals surface area contributed by atoms with Crippen LogP contribution < -0.4 is 0 Å². The van der Waals surface area contributed by atoms with Gasteiger partial charge in [0, 0.05) is 33.4 Å². The Morgan fingerprint density at radius 1 is 0.258 bits per heavy atom. The van der Waals surface area contributed by atoms with Gasteiger partial charge in [-0.2, -0.15) is 5.26 Å². The van der Waals surface area contributed by atoms with Gasteiger partial charge in [0.25, 0.3) is 0 Å². The van der Waals surface area contributed by atoms with Crippen molar-refractivity contribution in [3.63, 3.8) is 0 Å². The van der Waals surface area contributed by atoms with Gasteiger partial charge >= 0.3 is 0 Å². The van der Waals surface area contributed by atoms with Gasteiger partial charge in [0.15, 0.2) is 23.3 Å². The Labute approximate surface area is 360 Å². The molecule has 0 radical (unpaired) electrons. The molecule has 0 aliphatic rings. The van der Waals surface area contributed by atoms with Crippen LogP contribution in [0.25, 0.3) is 101 Å². The Morgan fingerprint density at radius 2 is 0.677 bits per heavy atom. The molecular formula is C56H36N6. The lowest BCUT2D eigenvalue weighted by Crippen LogP contribution is -2.01. The molecule has 62 heavy (non-hydrogen) atoms. The first-order chi connectivity index (χ1) is 30.7. The van der Waals surface area contributed by atoms with Crippen molar-refractivity contribution in [2.45, 2.75) is 0 Å². The average Bonchev–Trinajstić information content (AvgIpc) is 3.37. The second-order valence-corrected chi connectivity index (χ2v) is 14.8. The van der Waals surface area contributed by atoms with Crippen molar-refractivity contribution in [2.75, 3.05) is 0 Å². The number of hydrogen-bond donors (Lipinski definition) is 0. The summed E-state index contributed by atoms with van der Waals surface area (Å²) in [5.41, 5.74) is 13.9. The van der Waals surface area contributed by atoms with Crippen molar-refractivity contribution < 1.29 is 0 Å². The van der Waals surface area contributed by atoms with Gasteiger partial charge in [-0.3, -0.25) is 0 Å². The molecular weight excluding hydrogens is 757 g/mol. The molecule has 0 spiro atoms. The monoisotopic (exact) mass is 792 g/mol. The average molecular weight is 793 g/mol. The van der Waals surface area contributed by atoms with Crippen LogP contribution >= 0.6 is 0 Å². The van der Waals surface area contributed by atoms with Crippen molar-refractivity contribution in [1.82, 2.24) is 24.9 Å². The molecule has 8 aromatic carbocycles. The first-order valence-electron chi connectivity index (χ1n) is 20.4. The van der Waals surface area contributed by atoms with E-state index < -0.39 is 0 Å². The minimum atomic E-state index is 0.545. The maximum absolute atomic E-state index is 9.70. The smallest absolute Gasteiger partial charge is 0.164 e. The second kappa shape index (κ2) is 16.9. The number of benzene rings is 8. The highest BCUT2D eigenvalue weighted by Crippen LogP contribution is 2.40. The standard InChI is InChI=1S/C56H36N6/c57-37-38-25-27-41(28-26-38)50-35-46(33-34-49(50)56-61-54(44-19-9-3-10-20-44)60-55(62-56)45-21-11-4-12-22-45)47-23-13-14-24-48(47)52-36-51(58-53(59-52)43-17-7-2-8-18-43)42-31-29-40(30-32-42)39-15-5-1-6-16-39/h1-36H. The largest absolute Gasteiger partial charge is 0.228 e. The normalized spacial score (nSPS) is 10.9. The molecule has 6 nitrogen and oxygen atoms in total. The molecule has 0 atom stereocenters. The van der Waals surface area contributed by atoms with Gasteiger partial charge in [-0.05, 0) is 63.7 Å². The Balaban J connectivity index is 1.13. The predicted octanol–water partition coefficient (Wildman–Crippen LogP) is 13.5. The summed E-state index contributed by atoms with van der Waals surface area (Å²) in [6, 6.07) is 75.8. The highest BCUT2D eigenvalue weighted by Gasteiger charge is 2.19. The third kappa shape index (κ3) is 7.78. The van der Waals surface area contributed by atoms with Crippen LogP contribution in [0.5, 0.6) is 0 Å². The van der Waals surface area contributed by atoms with E-state index in [1.54, 1.807) is 0 Å². The van der Waals surface area contributed by atoms with Crippen molar-refractivity contribution in [2.24, 2.45) is 0 Å². The Kier molecular flexibility index (Phi) is 10.3. The number of hydrogen-bond acceptors (Lipinski definition) is 6. The van der Waals surface area contributed by atoms with Gasteiger partial charge in [-0.1, -0.05) is 188 Å². The Hall–Kier alpha value is -8.66. The third-order valence-electron chi connectivity index (χ3n) is 10.8. The second-order valence-electron chi connectivity index (χ2n) is 14.8. The molecule has 10 aromatic rings. The van der Waals surface area contributed by atoms with Crippen LogP contribution in [-0.4, -0.2) is 24.9 Å². The zero-order valence-corrected chi connectivity index (χ0v) is 33.5. The Bertz CT molecular complexity index is 3140. The molecule has 10 rings (SSSR count). The highest BCUT2D eigenvalue weighted by atomic mass is 15.0. The van der Waals surface area contributed by atoms with Gasteiger partial charge in [0.1, 0.15) is 0 Å². The number of aromatic nitrogens is 5.